The maximum Gasteiger partial charge on any atom is 0.115 e. The summed E-state index contributed by atoms with van der Waals surface area (Å²) in [6.07, 6.45) is 5.03. The van der Waals surface area contributed by atoms with Gasteiger partial charge in [-0.1, -0.05) is 0 Å². The van der Waals surface area contributed by atoms with Gasteiger partial charge >= 0.3 is 0 Å². The highest BCUT2D eigenvalue weighted by atomic mass is 32.1. The summed E-state index contributed by atoms with van der Waals surface area (Å²) in [6, 6.07) is 1.97. The van der Waals surface area contributed by atoms with Crippen LogP contribution in [0.25, 0.3) is 0 Å². The maximum atomic E-state index is 6.09. The molecule has 0 amide bonds. The van der Waals surface area contributed by atoms with Crippen molar-refractivity contribution in [1.29, 1.82) is 0 Å². The fourth-order valence-electron chi connectivity index (χ4n) is 1.33. The molecule has 0 aliphatic rings. The van der Waals surface area contributed by atoms with E-state index in [0.29, 0.717) is 0 Å². The van der Waals surface area contributed by atoms with E-state index in [0.717, 1.165) is 5.56 Å². The number of hydrogen-bond donors (Lipinski definition) is 1. The summed E-state index contributed by atoms with van der Waals surface area (Å²) in [5.74, 6) is 0. The molecule has 0 spiro atoms. The molecule has 1 atom stereocenters. The molecule has 0 aromatic carbocycles. The first kappa shape index (κ1) is 9.30. The van der Waals surface area contributed by atoms with Gasteiger partial charge in [0, 0.05) is 22.8 Å². The number of aromatic nitrogens is 2. The molecule has 0 bridgehead atoms. The molecule has 0 saturated heterocycles. The average molecular weight is 205 g/mol. The third-order valence-electron chi connectivity index (χ3n) is 2.12. The van der Waals surface area contributed by atoms with E-state index >= 15 is 0 Å². The lowest BCUT2D eigenvalue weighted by Gasteiger charge is -2.09. The molecule has 4 heteroatoms. The second-order valence-electron chi connectivity index (χ2n) is 3.12. The third-order valence-corrected chi connectivity index (χ3v) is 3.23. The number of hydrogen-bond acceptors (Lipinski definition) is 4. The molecular formula is C10H11N3S. The zero-order chi connectivity index (χ0) is 9.97. The Balaban J connectivity index is 2.34. The van der Waals surface area contributed by atoms with Crippen LogP contribution < -0.4 is 5.73 Å². The summed E-state index contributed by atoms with van der Waals surface area (Å²) in [5, 5.41) is 2.05. The van der Waals surface area contributed by atoms with Crippen molar-refractivity contribution >= 4 is 11.3 Å². The predicted molar refractivity (Wildman–Crippen MR) is 57.1 cm³/mol. The Labute approximate surface area is 86.6 Å². The Morgan fingerprint density at radius 2 is 2.07 bits per heavy atom. The highest BCUT2D eigenvalue weighted by Gasteiger charge is 2.12. The zero-order valence-electron chi connectivity index (χ0n) is 7.84. The number of thiophene rings is 1. The fourth-order valence-corrected chi connectivity index (χ4v) is 2.28. The molecule has 0 radical (unpaired) electrons. The largest absolute Gasteiger partial charge is 0.320 e. The first-order valence-electron chi connectivity index (χ1n) is 4.33. The maximum absolute atomic E-state index is 6.09. The summed E-state index contributed by atoms with van der Waals surface area (Å²) in [4.78, 5) is 9.10. The minimum Gasteiger partial charge on any atom is -0.320 e. The van der Waals surface area contributed by atoms with E-state index in [-0.39, 0.29) is 6.04 Å². The molecule has 0 aliphatic heterocycles. The van der Waals surface area contributed by atoms with Crippen LogP contribution in [0.2, 0.25) is 0 Å². The van der Waals surface area contributed by atoms with Crippen molar-refractivity contribution in [3.8, 4) is 0 Å². The average Bonchev–Trinajstić information content (AvgIpc) is 2.65. The lowest BCUT2D eigenvalue weighted by Crippen LogP contribution is -2.11. The lowest BCUT2D eigenvalue weighted by atomic mass is 10.1. The van der Waals surface area contributed by atoms with Crippen molar-refractivity contribution in [2.75, 3.05) is 0 Å². The van der Waals surface area contributed by atoms with Gasteiger partial charge in [0.15, 0.2) is 0 Å². The monoisotopic (exact) mass is 205 g/mol. The predicted octanol–water partition coefficient (Wildman–Crippen LogP) is 1.89. The van der Waals surface area contributed by atoms with E-state index < -0.39 is 0 Å². The zero-order valence-corrected chi connectivity index (χ0v) is 8.66. The van der Waals surface area contributed by atoms with Gasteiger partial charge in [-0.15, -0.1) is 11.3 Å². The van der Waals surface area contributed by atoms with Crippen molar-refractivity contribution in [2.45, 2.75) is 13.0 Å². The van der Waals surface area contributed by atoms with Crippen LogP contribution in [0, 0.1) is 6.92 Å². The minimum atomic E-state index is -0.101. The van der Waals surface area contributed by atoms with E-state index in [1.807, 2.05) is 5.38 Å². The fraction of sp³-hybridized carbons (Fsp3) is 0.200. The van der Waals surface area contributed by atoms with Gasteiger partial charge in [0.25, 0.3) is 0 Å². The topological polar surface area (TPSA) is 51.8 Å². The molecular weight excluding hydrogens is 194 g/mol. The summed E-state index contributed by atoms with van der Waals surface area (Å²) < 4.78 is 0. The van der Waals surface area contributed by atoms with Gasteiger partial charge in [-0.25, -0.2) is 9.97 Å². The van der Waals surface area contributed by atoms with Gasteiger partial charge in [-0.2, -0.15) is 0 Å². The van der Waals surface area contributed by atoms with Crippen LogP contribution >= 0.6 is 11.3 Å². The van der Waals surface area contributed by atoms with Gasteiger partial charge in [-0.3, -0.25) is 0 Å². The van der Waals surface area contributed by atoms with Gasteiger partial charge in [0.05, 0.1) is 6.04 Å². The Morgan fingerprint density at radius 1 is 1.36 bits per heavy atom. The van der Waals surface area contributed by atoms with E-state index in [4.69, 9.17) is 5.73 Å². The molecule has 14 heavy (non-hydrogen) atoms. The smallest absolute Gasteiger partial charge is 0.115 e. The Bertz CT molecular complexity index is 410. The molecule has 2 aromatic heterocycles. The summed E-state index contributed by atoms with van der Waals surface area (Å²) in [5.41, 5.74) is 8.28. The van der Waals surface area contributed by atoms with Crippen LogP contribution in [0.1, 0.15) is 22.0 Å². The highest BCUT2D eigenvalue weighted by molar-refractivity contribution is 7.10. The van der Waals surface area contributed by atoms with Crippen molar-refractivity contribution in [1.82, 2.24) is 9.97 Å². The third kappa shape index (κ3) is 1.66. The van der Waals surface area contributed by atoms with Crippen LogP contribution in [0.15, 0.2) is 30.2 Å². The van der Waals surface area contributed by atoms with E-state index in [2.05, 4.69) is 23.0 Å². The van der Waals surface area contributed by atoms with Gasteiger partial charge in [0.1, 0.15) is 6.33 Å². The molecule has 2 rings (SSSR count). The standard InChI is InChI=1S/C10H11N3S/c1-7-2-3-14-10(7)9(11)8-4-12-6-13-5-8/h2-6,9H,11H2,1H3. The quantitative estimate of drug-likeness (QED) is 0.814. The normalized spacial score (nSPS) is 12.7. The van der Waals surface area contributed by atoms with Crippen molar-refractivity contribution in [3.63, 3.8) is 0 Å². The van der Waals surface area contributed by atoms with Gasteiger partial charge < -0.3 is 5.73 Å². The Kier molecular flexibility index (Phi) is 2.56. The number of aryl methyl sites for hydroxylation is 1. The van der Waals surface area contributed by atoms with Crippen molar-refractivity contribution in [2.24, 2.45) is 5.73 Å². The highest BCUT2D eigenvalue weighted by Crippen LogP contribution is 2.26. The van der Waals surface area contributed by atoms with Crippen LogP contribution in [0.4, 0.5) is 0 Å². The Hall–Kier alpha value is -1.26. The van der Waals surface area contributed by atoms with Gasteiger partial charge in [-0.05, 0) is 23.9 Å². The van der Waals surface area contributed by atoms with Crippen molar-refractivity contribution in [3.05, 3.63) is 46.2 Å². The summed E-state index contributed by atoms with van der Waals surface area (Å²) in [7, 11) is 0. The molecule has 3 nitrogen and oxygen atoms in total. The second-order valence-corrected chi connectivity index (χ2v) is 4.07. The van der Waals surface area contributed by atoms with Crippen LogP contribution in [-0.4, -0.2) is 9.97 Å². The van der Waals surface area contributed by atoms with Crippen LogP contribution in [0.3, 0.4) is 0 Å². The molecule has 72 valence electrons. The molecule has 1 unspecified atom stereocenters. The van der Waals surface area contributed by atoms with Gasteiger partial charge in [0.2, 0.25) is 0 Å². The van der Waals surface area contributed by atoms with E-state index in [1.165, 1.54) is 16.8 Å². The molecule has 2 N–H and O–H groups in total. The van der Waals surface area contributed by atoms with Crippen LogP contribution in [0.5, 0.6) is 0 Å². The molecule has 2 aromatic rings. The first-order chi connectivity index (χ1) is 6.79. The molecule has 0 saturated carbocycles. The second kappa shape index (κ2) is 3.86. The van der Waals surface area contributed by atoms with E-state index in [1.54, 1.807) is 23.7 Å². The molecule has 0 fully saturated rings. The summed E-state index contributed by atoms with van der Waals surface area (Å²) in [6.45, 7) is 2.06. The SMILES string of the molecule is Cc1ccsc1C(N)c1cncnc1. The molecule has 2 heterocycles. The van der Waals surface area contributed by atoms with Crippen molar-refractivity contribution < 1.29 is 0 Å². The minimum absolute atomic E-state index is 0.101. The number of nitrogens with two attached hydrogens (primary N) is 1. The lowest BCUT2D eigenvalue weighted by molar-refractivity contribution is 0.863. The van der Waals surface area contributed by atoms with E-state index in [9.17, 15) is 0 Å². The first-order valence-corrected chi connectivity index (χ1v) is 5.21. The number of rotatable bonds is 2. The van der Waals surface area contributed by atoms with Crippen LogP contribution in [-0.2, 0) is 0 Å². The number of nitrogens with zero attached hydrogens (tertiary/aromatic N) is 2. The summed E-state index contributed by atoms with van der Waals surface area (Å²) >= 11 is 1.67. The Morgan fingerprint density at radius 3 is 2.64 bits per heavy atom. The molecule has 0 aliphatic carbocycles.